The molecule has 0 saturated carbocycles. The van der Waals surface area contributed by atoms with Crippen molar-refractivity contribution in [2.45, 2.75) is 18.2 Å². The molecule has 0 fully saturated rings. The molecule has 0 saturated heterocycles. The van der Waals surface area contributed by atoms with Crippen molar-refractivity contribution in [1.82, 2.24) is 0 Å². The fourth-order valence-electron chi connectivity index (χ4n) is 0.956. The maximum atomic E-state index is 8.84. The van der Waals surface area contributed by atoms with E-state index in [0.29, 0.717) is 5.46 Å². The van der Waals surface area contributed by atoms with Crippen molar-refractivity contribution < 1.29 is 10.0 Å². The van der Waals surface area contributed by atoms with Crippen molar-refractivity contribution in [2.24, 2.45) is 0 Å². The number of rotatable bonds is 4. The molecule has 0 amide bonds. The highest BCUT2D eigenvalue weighted by atomic mass is 32.2. The Morgan fingerprint density at radius 3 is 2.31 bits per heavy atom. The van der Waals surface area contributed by atoms with Gasteiger partial charge in [0.05, 0.1) is 0 Å². The number of hydrogen-bond donors (Lipinski definition) is 2. The van der Waals surface area contributed by atoms with Crippen molar-refractivity contribution in [2.75, 3.05) is 5.75 Å². The predicted octanol–water partition coefficient (Wildman–Crippen LogP) is 0.868. The summed E-state index contributed by atoms with van der Waals surface area (Å²) in [6.07, 6.45) is 1.15. The molecule has 2 N–H and O–H groups in total. The van der Waals surface area contributed by atoms with E-state index in [0.717, 1.165) is 12.2 Å². The third kappa shape index (κ3) is 3.42. The predicted molar refractivity (Wildman–Crippen MR) is 57.3 cm³/mol. The standard InChI is InChI=1S/C9H13BO2S/c1-2-7-13-9-5-3-8(4-6-9)10(11)12/h3-6,11-12H,2,7H2,1H3. The van der Waals surface area contributed by atoms with Crippen LogP contribution < -0.4 is 5.46 Å². The molecule has 1 rings (SSSR count). The zero-order valence-electron chi connectivity index (χ0n) is 7.60. The highest BCUT2D eigenvalue weighted by Gasteiger charge is 2.09. The lowest BCUT2D eigenvalue weighted by Gasteiger charge is -2.01. The number of benzene rings is 1. The minimum absolute atomic E-state index is 0.542. The van der Waals surface area contributed by atoms with E-state index in [2.05, 4.69) is 6.92 Å². The van der Waals surface area contributed by atoms with Crippen molar-refractivity contribution in [3.63, 3.8) is 0 Å². The van der Waals surface area contributed by atoms with Gasteiger partial charge in [-0.25, -0.2) is 0 Å². The zero-order chi connectivity index (χ0) is 9.68. The van der Waals surface area contributed by atoms with Crippen LogP contribution in [0.15, 0.2) is 29.2 Å². The van der Waals surface area contributed by atoms with Crippen LogP contribution in [0.25, 0.3) is 0 Å². The van der Waals surface area contributed by atoms with Gasteiger partial charge < -0.3 is 10.0 Å². The minimum atomic E-state index is -1.36. The molecule has 0 heterocycles. The van der Waals surface area contributed by atoms with Crippen LogP contribution >= 0.6 is 11.8 Å². The topological polar surface area (TPSA) is 40.5 Å². The summed E-state index contributed by atoms with van der Waals surface area (Å²) in [5.41, 5.74) is 0.542. The maximum Gasteiger partial charge on any atom is 0.488 e. The highest BCUT2D eigenvalue weighted by molar-refractivity contribution is 7.99. The first kappa shape index (κ1) is 10.6. The summed E-state index contributed by atoms with van der Waals surface area (Å²) in [7, 11) is -1.36. The molecular weight excluding hydrogens is 183 g/mol. The largest absolute Gasteiger partial charge is 0.488 e. The average molecular weight is 196 g/mol. The molecule has 1 aromatic rings. The van der Waals surface area contributed by atoms with Gasteiger partial charge in [0.15, 0.2) is 0 Å². The van der Waals surface area contributed by atoms with Gasteiger partial charge >= 0.3 is 7.12 Å². The highest BCUT2D eigenvalue weighted by Crippen LogP contribution is 2.16. The minimum Gasteiger partial charge on any atom is -0.423 e. The van der Waals surface area contributed by atoms with E-state index in [1.165, 1.54) is 4.90 Å². The van der Waals surface area contributed by atoms with Crippen molar-refractivity contribution >= 4 is 24.3 Å². The fourth-order valence-corrected chi connectivity index (χ4v) is 1.72. The Labute approximate surface area is 83.1 Å². The SMILES string of the molecule is CCCSc1ccc(B(O)O)cc1. The molecular formula is C9H13BO2S. The molecule has 0 bridgehead atoms. The van der Waals surface area contributed by atoms with Gasteiger partial charge in [-0.05, 0) is 29.8 Å². The Morgan fingerprint density at radius 2 is 1.85 bits per heavy atom. The van der Waals surface area contributed by atoms with Crippen LogP contribution in [0, 0.1) is 0 Å². The van der Waals surface area contributed by atoms with Gasteiger partial charge in [-0.3, -0.25) is 0 Å². The Balaban J connectivity index is 2.59. The summed E-state index contributed by atoms with van der Waals surface area (Å²) >= 11 is 1.78. The second-order valence-electron chi connectivity index (χ2n) is 2.79. The van der Waals surface area contributed by atoms with Crippen LogP contribution in [0.5, 0.6) is 0 Å². The van der Waals surface area contributed by atoms with Gasteiger partial charge in [-0.1, -0.05) is 19.1 Å². The van der Waals surface area contributed by atoms with E-state index in [1.807, 2.05) is 12.1 Å². The molecule has 2 nitrogen and oxygen atoms in total. The average Bonchev–Trinajstić information content (AvgIpc) is 2.15. The van der Waals surface area contributed by atoms with E-state index in [1.54, 1.807) is 23.9 Å². The second-order valence-corrected chi connectivity index (χ2v) is 3.96. The Kier molecular flexibility index (Phi) is 4.35. The first-order valence-electron chi connectivity index (χ1n) is 4.33. The molecule has 13 heavy (non-hydrogen) atoms. The van der Waals surface area contributed by atoms with Gasteiger partial charge in [0.25, 0.3) is 0 Å². The summed E-state index contributed by atoms with van der Waals surface area (Å²) in [6.45, 7) is 2.14. The smallest absolute Gasteiger partial charge is 0.423 e. The van der Waals surface area contributed by atoms with Crippen LogP contribution in [0.3, 0.4) is 0 Å². The molecule has 0 aliphatic rings. The van der Waals surface area contributed by atoms with E-state index in [4.69, 9.17) is 10.0 Å². The summed E-state index contributed by atoms with van der Waals surface area (Å²) in [5.74, 6) is 1.10. The lowest BCUT2D eigenvalue weighted by Crippen LogP contribution is -2.29. The van der Waals surface area contributed by atoms with Crippen LogP contribution in [0.4, 0.5) is 0 Å². The van der Waals surface area contributed by atoms with Crippen LogP contribution in [-0.4, -0.2) is 22.9 Å². The molecule has 0 aliphatic carbocycles. The van der Waals surface area contributed by atoms with Crippen molar-refractivity contribution in [1.29, 1.82) is 0 Å². The lowest BCUT2D eigenvalue weighted by molar-refractivity contribution is 0.426. The summed E-state index contributed by atoms with van der Waals surface area (Å²) in [4.78, 5) is 1.17. The maximum absolute atomic E-state index is 8.84. The monoisotopic (exact) mass is 196 g/mol. The van der Waals surface area contributed by atoms with E-state index >= 15 is 0 Å². The van der Waals surface area contributed by atoms with Crippen molar-refractivity contribution in [3.05, 3.63) is 24.3 Å². The summed E-state index contributed by atoms with van der Waals surface area (Å²) in [6, 6.07) is 7.30. The lowest BCUT2D eigenvalue weighted by atomic mass is 9.81. The van der Waals surface area contributed by atoms with Gasteiger partial charge in [-0.2, -0.15) is 0 Å². The third-order valence-electron chi connectivity index (χ3n) is 1.65. The second kappa shape index (κ2) is 5.32. The fraction of sp³-hybridized carbons (Fsp3) is 0.333. The van der Waals surface area contributed by atoms with E-state index in [9.17, 15) is 0 Å². The summed E-state index contributed by atoms with van der Waals surface area (Å²) < 4.78 is 0. The Morgan fingerprint density at radius 1 is 1.23 bits per heavy atom. The Hall–Kier alpha value is -0.445. The van der Waals surface area contributed by atoms with Gasteiger partial charge in [-0.15, -0.1) is 11.8 Å². The molecule has 0 atom stereocenters. The molecule has 0 spiro atoms. The van der Waals surface area contributed by atoms with Crippen LogP contribution in [0.2, 0.25) is 0 Å². The number of hydrogen-bond acceptors (Lipinski definition) is 3. The Bertz CT molecular complexity index is 248. The molecule has 70 valence electrons. The molecule has 0 radical (unpaired) electrons. The molecule has 4 heteroatoms. The molecule has 0 aliphatic heterocycles. The number of thioether (sulfide) groups is 1. The van der Waals surface area contributed by atoms with Gasteiger partial charge in [0.1, 0.15) is 0 Å². The van der Waals surface area contributed by atoms with Crippen LogP contribution in [-0.2, 0) is 0 Å². The summed E-state index contributed by atoms with van der Waals surface area (Å²) in [5, 5.41) is 17.7. The molecule has 0 unspecified atom stereocenters. The van der Waals surface area contributed by atoms with E-state index < -0.39 is 7.12 Å². The molecule has 1 aromatic carbocycles. The van der Waals surface area contributed by atoms with Gasteiger partial charge in [0.2, 0.25) is 0 Å². The van der Waals surface area contributed by atoms with Gasteiger partial charge in [0, 0.05) is 4.90 Å². The normalized spacial score (nSPS) is 10.1. The quantitative estimate of drug-likeness (QED) is 0.554. The molecule has 0 aromatic heterocycles. The third-order valence-corrected chi connectivity index (χ3v) is 2.87. The van der Waals surface area contributed by atoms with Crippen LogP contribution in [0.1, 0.15) is 13.3 Å². The van der Waals surface area contributed by atoms with Crippen molar-refractivity contribution in [3.8, 4) is 0 Å². The first-order valence-corrected chi connectivity index (χ1v) is 5.31. The zero-order valence-corrected chi connectivity index (χ0v) is 8.42. The first-order chi connectivity index (χ1) is 6.24. The van der Waals surface area contributed by atoms with E-state index in [-0.39, 0.29) is 0 Å².